The van der Waals surface area contributed by atoms with Crippen LogP contribution in [0.5, 0.6) is 0 Å². The smallest absolute Gasteiger partial charge is 0.331 e. The van der Waals surface area contributed by atoms with Crippen molar-refractivity contribution in [1.29, 1.82) is 0 Å². The molecule has 1 N–H and O–H groups in total. The van der Waals surface area contributed by atoms with Gasteiger partial charge in [-0.1, -0.05) is 6.92 Å². The number of nitrogens with zero attached hydrogens (tertiary/aromatic N) is 1. The Hall–Kier alpha value is -1.12. The van der Waals surface area contributed by atoms with Crippen LogP contribution in [0.4, 0.5) is 0 Å². The van der Waals surface area contributed by atoms with Crippen LogP contribution in [-0.4, -0.2) is 22.8 Å². The first kappa shape index (κ1) is 11.0. The molecular formula is C11H17NO2. The number of hydrogen-bond donors (Lipinski definition) is 1. The molecular weight excluding hydrogens is 178 g/mol. The Kier molecular flexibility index (Phi) is 3.44. The molecule has 0 aromatic carbocycles. The van der Waals surface area contributed by atoms with Gasteiger partial charge in [0, 0.05) is 11.3 Å². The molecule has 0 aromatic heterocycles. The highest BCUT2D eigenvalue weighted by molar-refractivity contribution is 5.88. The summed E-state index contributed by atoms with van der Waals surface area (Å²) < 4.78 is 0. The van der Waals surface area contributed by atoms with Gasteiger partial charge in [0.1, 0.15) is 0 Å². The highest BCUT2D eigenvalue weighted by atomic mass is 16.4. The maximum absolute atomic E-state index is 10.7. The van der Waals surface area contributed by atoms with E-state index in [0.29, 0.717) is 5.57 Å². The summed E-state index contributed by atoms with van der Waals surface area (Å²) in [5.41, 5.74) is 2.56. The molecule has 0 aliphatic carbocycles. The van der Waals surface area contributed by atoms with Crippen LogP contribution in [0.2, 0.25) is 0 Å². The first-order chi connectivity index (χ1) is 6.56. The highest BCUT2D eigenvalue weighted by Gasteiger charge is 2.20. The Bertz CT molecular complexity index is 302. The predicted molar refractivity (Wildman–Crippen MR) is 56.8 cm³/mol. The molecule has 0 spiro atoms. The van der Waals surface area contributed by atoms with Crippen molar-refractivity contribution >= 4 is 11.7 Å². The van der Waals surface area contributed by atoms with E-state index in [4.69, 9.17) is 5.11 Å². The van der Waals surface area contributed by atoms with E-state index in [9.17, 15) is 4.79 Å². The van der Waals surface area contributed by atoms with Gasteiger partial charge in [0.25, 0.3) is 0 Å². The van der Waals surface area contributed by atoms with Gasteiger partial charge in [-0.05, 0) is 38.7 Å². The van der Waals surface area contributed by atoms with Crippen LogP contribution in [0.15, 0.2) is 16.1 Å². The zero-order valence-corrected chi connectivity index (χ0v) is 9.00. The molecule has 0 fully saturated rings. The summed E-state index contributed by atoms with van der Waals surface area (Å²) in [6, 6.07) is 0.112. The highest BCUT2D eigenvalue weighted by Crippen LogP contribution is 2.23. The molecule has 3 heteroatoms. The summed E-state index contributed by atoms with van der Waals surface area (Å²) in [4.78, 5) is 15.2. The first-order valence-corrected chi connectivity index (χ1v) is 5.02. The van der Waals surface area contributed by atoms with Crippen LogP contribution < -0.4 is 0 Å². The second-order valence-corrected chi connectivity index (χ2v) is 3.72. The zero-order valence-electron chi connectivity index (χ0n) is 9.00. The summed E-state index contributed by atoms with van der Waals surface area (Å²) in [5.74, 6) is -0.831. The van der Waals surface area contributed by atoms with Crippen molar-refractivity contribution in [3.05, 3.63) is 11.1 Å². The lowest BCUT2D eigenvalue weighted by molar-refractivity contribution is -0.132. The molecule has 1 aliphatic heterocycles. The van der Waals surface area contributed by atoms with E-state index >= 15 is 0 Å². The largest absolute Gasteiger partial charge is 0.478 e. The monoisotopic (exact) mass is 195 g/mol. The predicted octanol–water partition coefficient (Wildman–Crippen LogP) is 2.42. The molecule has 1 heterocycles. The molecule has 14 heavy (non-hydrogen) atoms. The fourth-order valence-electron chi connectivity index (χ4n) is 1.65. The minimum atomic E-state index is -0.831. The first-order valence-electron chi connectivity index (χ1n) is 5.02. The van der Waals surface area contributed by atoms with Crippen LogP contribution in [0.1, 0.15) is 40.0 Å². The second kappa shape index (κ2) is 4.40. The summed E-state index contributed by atoms with van der Waals surface area (Å²) in [7, 11) is 0. The average molecular weight is 195 g/mol. The number of aliphatic imine (C=N–C) groups is 1. The van der Waals surface area contributed by atoms with Gasteiger partial charge in [0.05, 0.1) is 6.04 Å². The Labute approximate surface area is 84.5 Å². The van der Waals surface area contributed by atoms with Crippen LogP contribution in [0.3, 0.4) is 0 Å². The normalized spacial score (nSPS) is 23.1. The minimum absolute atomic E-state index is 0.112. The van der Waals surface area contributed by atoms with Crippen molar-refractivity contribution in [1.82, 2.24) is 0 Å². The van der Waals surface area contributed by atoms with Gasteiger partial charge in [-0.3, -0.25) is 4.99 Å². The van der Waals surface area contributed by atoms with Gasteiger partial charge in [-0.15, -0.1) is 0 Å². The lowest BCUT2D eigenvalue weighted by Crippen LogP contribution is -2.08. The van der Waals surface area contributed by atoms with Crippen LogP contribution in [-0.2, 0) is 4.79 Å². The van der Waals surface area contributed by atoms with Crippen molar-refractivity contribution in [3.63, 3.8) is 0 Å². The standard InChI is InChI=1S/C11H17NO2/c1-4-9-5-6-10(12-9)7(2)8(3)11(13)14/h10H,4-6H2,1-3H3,(H,13,14)/b8-7+. The second-order valence-electron chi connectivity index (χ2n) is 3.72. The quantitative estimate of drug-likeness (QED) is 0.703. The van der Waals surface area contributed by atoms with Crippen LogP contribution in [0.25, 0.3) is 0 Å². The Morgan fingerprint density at radius 1 is 1.57 bits per heavy atom. The molecule has 1 unspecified atom stereocenters. The molecule has 1 aliphatic rings. The Balaban J connectivity index is 2.82. The molecule has 1 rings (SSSR count). The van der Waals surface area contributed by atoms with Crippen molar-refractivity contribution in [2.75, 3.05) is 0 Å². The van der Waals surface area contributed by atoms with Gasteiger partial charge >= 0.3 is 5.97 Å². The third-order valence-corrected chi connectivity index (χ3v) is 2.87. The van der Waals surface area contributed by atoms with Crippen molar-refractivity contribution in [3.8, 4) is 0 Å². The third kappa shape index (κ3) is 2.22. The maximum Gasteiger partial charge on any atom is 0.331 e. The molecule has 78 valence electrons. The number of carboxylic acid groups (broad SMARTS) is 1. The number of rotatable bonds is 3. The third-order valence-electron chi connectivity index (χ3n) is 2.87. The van der Waals surface area contributed by atoms with Gasteiger partial charge in [0.2, 0.25) is 0 Å². The average Bonchev–Trinajstić information content (AvgIpc) is 2.63. The summed E-state index contributed by atoms with van der Waals surface area (Å²) in [6.45, 7) is 5.61. The van der Waals surface area contributed by atoms with Gasteiger partial charge in [0.15, 0.2) is 0 Å². The Morgan fingerprint density at radius 3 is 2.64 bits per heavy atom. The molecule has 3 nitrogen and oxygen atoms in total. The van der Waals surface area contributed by atoms with E-state index in [1.165, 1.54) is 5.71 Å². The molecule has 0 aromatic rings. The van der Waals surface area contributed by atoms with E-state index in [1.54, 1.807) is 6.92 Å². The van der Waals surface area contributed by atoms with Crippen LogP contribution in [0, 0.1) is 0 Å². The molecule has 0 amide bonds. The van der Waals surface area contributed by atoms with Gasteiger partial charge in [-0.25, -0.2) is 4.79 Å². The van der Waals surface area contributed by atoms with E-state index in [0.717, 1.165) is 24.8 Å². The molecule has 0 saturated carbocycles. The summed E-state index contributed by atoms with van der Waals surface area (Å²) in [5, 5.41) is 8.83. The van der Waals surface area contributed by atoms with E-state index in [-0.39, 0.29) is 6.04 Å². The zero-order chi connectivity index (χ0) is 10.7. The van der Waals surface area contributed by atoms with Crippen LogP contribution >= 0.6 is 0 Å². The minimum Gasteiger partial charge on any atom is -0.478 e. The van der Waals surface area contributed by atoms with Gasteiger partial charge in [-0.2, -0.15) is 0 Å². The number of hydrogen-bond acceptors (Lipinski definition) is 2. The fourth-order valence-corrected chi connectivity index (χ4v) is 1.65. The van der Waals surface area contributed by atoms with E-state index < -0.39 is 5.97 Å². The Morgan fingerprint density at radius 2 is 2.21 bits per heavy atom. The number of carbonyl (C=O) groups is 1. The number of carboxylic acids is 1. The SMILES string of the molecule is CCC1=NC(/C(C)=C(\C)C(=O)O)CC1. The topological polar surface area (TPSA) is 49.7 Å². The molecule has 0 bridgehead atoms. The lowest BCUT2D eigenvalue weighted by Gasteiger charge is -2.08. The molecule has 0 saturated heterocycles. The van der Waals surface area contributed by atoms with E-state index in [1.807, 2.05) is 6.92 Å². The summed E-state index contributed by atoms with van der Waals surface area (Å²) in [6.07, 6.45) is 2.97. The lowest BCUT2D eigenvalue weighted by atomic mass is 10.0. The van der Waals surface area contributed by atoms with Crippen molar-refractivity contribution in [2.45, 2.75) is 46.1 Å². The van der Waals surface area contributed by atoms with E-state index in [2.05, 4.69) is 11.9 Å². The van der Waals surface area contributed by atoms with Crippen molar-refractivity contribution < 1.29 is 9.90 Å². The summed E-state index contributed by atoms with van der Waals surface area (Å²) >= 11 is 0. The molecule has 0 radical (unpaired) electrons. The molecule has 1 atom stereocenters. The van der Waals surface area contributed by atoms with Gasteiger partial charge < -0.3 is 5.11 Å². The fraction of sp³-hybridized carbons (Fsp3) is 0.636. The number of aliphatic carboxylic acids is 1. The maximum atomic E-state index is 10.7. The van der Waals surface area contributed by atoms with Crippen molar-refractivity contribution in [2.24, 2.45) is 4.99 Å².